The van der Waals surface area contributed by atoms with E-state index in [1.165, 1.54) is 0 Å². The summed E-state index contributed by atoms with van der Waals surface area (Å²) in [4.78, 5) is 12.3. The zero-order valence-corrected chi connectivity index (χ0v) is 18.8. The van der Waals surface area contributed by atoms with Crippen LogP contribution in [0, 0.1) is 5.92 Å². The fourth-order valence-corrected chi connectivity index (χ4v) is 4.85. The maximum Gasteiger partial charge on any atom is 0.330 e. The number of hydrogen-bond acceptors (Lipinski definition) is 7. The number of sulfone groups is 1. The molecular weight excluding hydrogens is 420 g/mol. The Kier molecular flexibility index (Phi) is 9.26. The molecule has 1 atom stereocenters. The lowest BCUT2D eigenvalue weighted by Gasteiger charge is -2.09. The molecule has 0 fully saturated rings. The van der Waals surface area contributed by atoms with Crippen molar-refractivity contribution in [2.24, 2.45) is 16.1 Å². The Morgan fingerprint density at radius 1 is 1.10 bits per heavy atom. The van der Waals surface area contributed by atoms with Crippen molar-refractivity contribution in [2.45, 2.75) is 30.1 Å². The SMILES string of the molecule is C=CC(=O)OCCSc1ccc(N=Nc2ccc(S(=O)(=O)CC(C)CC)cc2)cc1. The van der Waals surface area contributed by atoms with Gasteiger partial charge in [0.2, 0.25) is 0 Å². The van der Waals surface area contributed by atoms with Crippen LogP contribution in [0.5, 0.6) is 0 Å². The molecule has 0 aromatic heterocycles. The fraction of sp³-hybridized carbons (Fsp3) is 0.318. The molecule has 0 aliphatic heterocycles. The van der Waals surface area contributed by atoms with Gasteiger partial charge in [-0.05, 0) is 54.4 Å². The summed E-state index contributed by atoms with van der Waals surface area (Å²) in [5, 5.41) is 8.35. The van der Waals surface area contributed by atoms with Crippen molar-refractivity contribution in [3.8, 4) is 0 Å². The molecule has 8 heteroatoms. The molecule has 0 amide bonds. The summed E-state index contributed by atoms with van der Waals surface area (Å²) in [5.41, 5.74) is 1.27. The first kappa shape index (κ1) is 23.8. The summed E-state index contributed by atoms with van der Waals surface area (Å²) in [6.07, 6.45) is 1.97. The Hall–Kier alpha value is -2.45. The van der Waals surface area contributed by atoms with Gasteiger partial charge in [-0.2, -0.15) is 10.2 Å². The fourth-order valence-electron chi connectivity index (χ4n) is 2.39. The number of rotatable bonds is 11. The van der Waals surface area contributed by atoms with Crippen molar-refractivity contribution < 1.29 is 17.9 Å². The van der Waals surface area contributed by atoms with Crippen LogP contribution in [0.25, 0.3) is 0 Å². The maximum absolute atomic E-state index is 12.4. The number of esters is 1. The molecule has 2 rings (SSSR count). The molecule has 0 saturated carbocycles. The van der Waals surface area contributed by atoms with Crippen LogP contribution in [0.1, 0.15) is 20.3 Å². The van der Waals surface area contributed by atoms with E-state index in [2.05, 4.69) is 16.8 Å². The third kappa shape index (κ3) is 7.76. The highest BCUT2D eigenvalue weighted by atomic mass is 32.2. The van der Waals surface area contributed by atoms with Crippen molar-refractivity contribution in [2.75, 3.05) is 18.1 Å². The van der Waals surface area contributed by atoms with Crippen LogP contribution in [0.3, 0.4) is 0 Å². The van der Waals surface area contributed by atoms with Crippen LogP contribution in [0.2, 0.25) is 0 Å². The van der Waals surface area contributed by atoms with E-state index >= 15 is 0 Å². The van der Waals surface area contributed by atoms with E-state index < -0.39 is 15.8 Å². The van der Waals surface area contributed by atoms with Crippen LogP contribution in [-0.2, 0) is 19.4 Å². The molecule has 6 nitrogen and oxygen atoms in total. The largest absolute Gasteiger partial charge is 0.462 e. The van der Waals surface area contributed by atoms with Crippen molar-refractivity contribution in [3.05, 3.63) is 61.2 Å². The first-order valence-electron chi connectivity index (χ1n) is 9.60. The molecule has 30 heavy (non-hydrogen) atoms. The molecule has 0 saturated heterocycles. The minimum absolute atomic E-state index is 0.123. The van der Waals surface area contributed by atoms with E-state index in [-0.39, 0.29) is 11.7 Å². The zero-order valence-electron chi connectivity index (χ0n) is 17.2. The highest BCUT2D eigenvalue weighted by Crippen LogP contribution is 2.24. The molecule has 2 aromatic carbocycles. The molecule has 0 bridgehead atoms. The van der Waals surface area contributed by atoms with E-state index in [0.29, 0.717) is 28.6 Å². The quantitative estimate of drug-likeness (QED) is 0.144. The lowest BCUT2D eigenvalue weighted by atomic mass is 10.2. The number of carbonyl (C=O) groups excluding carboxylic acids is 1. The van der Waals surface area contributed by atoms with Crippen LogP contribution in [0.15, 0.2) is 81.2 Å². The van der Waals surface area contributed by atoms with Gasteiger partial charge in [0.05, 0.1) is 22.0 Å². The maximum atomic E-state index is 12.4. The monoisotopic (exact) mass is 446 g/mol. The van der Waals surface area contributed by atoms with Crippen molar-refractivity contribution in [1.82, 2.24) is 0 Å². The number of carbonyl (C=O) groups is 1. The standard InChI is InChI=1S/C22H26N2O4S2/c1-4-17(3)16-30(26,27)21-12-8-19(9-13-21)24-23-18-6-10-20(11-7-18)29-15-14-28-22(25)5-2/h5-13,17H,2,4,14-16H2,1,3H3. The van der Waals surface area contributed by atoms with Gasteiger partial charge in [0.15, 0.2) is 9.84 Å². The van der Waals surface area contributed by atoms with E-state index in [0.717, 1.165) is 17.4 Å². The average Bonchev–Trinajstić information content (AvgIpc) is 2.75. The number of thioether (sulfide) groups is 1. The predicted octanol–water partition coefficient (Wildman–Crippen LogP) is 5.74. The summed E-state index contributed by atoms with van der Waals surface area (Å²) in [6, 6.07) is 14.0. The smallest absolute Gasteiger partial charge is 0.330 e. The molecule has 0 heterocycles. The second-order valence-corrected chi connectivity index (χ2v) is 9.91. The van der Waals surface area contributed by atoms with E-state index in [1.54, 1.807) is 36.0 Å². The van der Waals surface area contributed by atoms with Crippen LogP contribution in [-0.4, -0.2) is 32.5 Å². The minimum Gasteiger partial charge on any atom is -0.462 e. The van der Waals surface area contributed by atoms with Crippen molar-refractivity contribution >= 4 is 38.9 Å². The summed E-state index contributed by atoms with van der Waals surface area (Å²) in [6.45, 7) is 7.58. The Bertz CT molecular complexity index is 969. The predicted molar refractivity (Wildman–Crippen MR) is 120 cm³/mol. The molecule has 2 aromatic rings. The van der Waals surface area contributed by atoms with Gasteiger partial charge in [0, 0.05) is 16.7 Å². The third-order valence-corrected chi connectivity index (χ3v) is 7.25. The number of nitrogens with zero attached hydrogens (tertiary/aromatic N) is 2. The van der Waals surface area contributed by atoms with E-state index in [1.807, 2.05) is 38.1 Å². The van der Waals surface area contributed by atoms with Crippen molar-refractivity contribution in [3.63, 3.8) is 0 Å². The van der Waals surface area contributed by atoms with Crippen LogP contribution < -0.4 is 0 Å². The number of hydrogen-bond donors (Lipinski definition) is 0. The van der Waals surface area contributed by atoms with Crippen molar-refractivity contribution in [1.29, 1.82) is 0 Å². The summed E-state index contributed by atoms with van der Waals surface area (Å²) >= 11 is 1.56. The Balaban J connectivity index is 1.91. The molecule has 0 aliphatic rings. The Morgan fingerprint density at radius 3 is 2.20 bits per heavy atom. The van der Waals surface area contributed by atoms with Gasteiger partial charge in [0.25, 0.3) is 0 Å². The highest BCUT2D eigenvalue weighted by Gasteiger charge is 2.17. The molecule has 0 spiro atoms. The first-order valence-corrected chi connectivity index (χ1v) is 12.2. The minimum atomic E-state index is -3.28. The number of benzene rings is 2. The Labute approximate surface area is 182 Å². The molecule has 0 radical (unpaired) electrons. The topological polar surface area (TPSA) is 85.2 Å². The molecule has 0 N–H and O–H groups in total. The first-order chi connectivity index (χ1) is 14.3. The van der Waals surface area contributed by atoms with Gasteiger partial charge >= 0.3 is 5.97 Å². The lowest BCUT2D eigenvalue weighted by Crippen LogP contribution is -2.13. The molecule has 1 unspecified atom stereocenters. The number of ether oxygens (including phenoxy) is 1. The summed E-state index contributed by atoms with van der Waals surface area (Å²) < 4.78 is 29.7. The summed E-state index contributed by atoms with van der Waals surface area (Å²) in [7, 11) is -3.28. The Morgan fingerprint density at radius 2 is 1.67 bits per heavy atom. The second-order valence-electron chi connectivity index (χ2n) is 6.70. The molecule has 160 valence electrons. The highest BCUT2D eigenvalue weighted by molar-refractivity contribution is 7.99. The van der Waals surface area contributed by atoms with Gasteiger partial charge in [-0.1, -0.05) is 26.8 Å². The average molecular weight is 447 g/mol. The summed E-state index contributed by atoms with van der Waals surface area (Å²) in [5.74, 6) is 0.489. The number of azo groups is 1. The van der Waals surface area contributed by atoms with Crippen LogP contribution in [0.4, 0.5) is 11.4 Å². The van der Waals surface area contributed by atoms with Gasteiger partial charge < -0.3 is 4.74 Å². The lowest BCUT2D eigenvalue weighted by molar-refractivity contribution is -0.137. The van der Waals surface area contributed by atoms with Gasteiger partial charge in [0.1, 0.15) is 6.61 Å². The zero-order chi connectivity index (χ0) is 22.0. The van der Waals surface area contributed by atoms with E-state index in [9.17, 15) is 13.2 Å². The van der Waals surface area contributed by atoms with Gasteiger partial charge in [-0.3, -0.25) is 0 Å². The molecular formula is C22H26N2O4S2. The normalized spacial score (nSPS) is 12.6. The molecule has 0 aliphatic carbocycles. The third-order valence-electron chi connectivity index (χ3n) is 4.28. The van der Waals surface area contributed by atoms with Gasteiger partial charge in [-0.15, -0.1) is 11.8 Å². The van der Waals surface area contributed by atoms with E-state index in [4.69, 9.17) is 4.74 Å². The second kappa shape index (κ2) is 11.7. The van der Waals surface area contributed by atoms with Crippen LogP contribution >= 0.6 is 11.8 Å². The van der Waals surface area contributed by atoms with Gasteiger partial charge in [-0.25, -0.2) is 13.2 Å².